The zero-order chi connectivity index (χ0) is 14.6. The Labute approximate surface area is 115 Å². The van der Waals surface area contributed by atoms with Crippen LogP contribution in [0.3, 0.4) is 0 Å². The fourth-order valence-corrected chi connectivity index (χ4v) is 3.52. The highest BCUT2D eigenvalue weighted by atomic mass is 32.2. The Balaban J connectivity index is 3.18. The number of hydrogen-bond acceptors (Lipinski definition) is 3. The maximum Gasteiger partial charge on any atom is 0.244 e. The average molecular weight is 285 g/mol. The van der Waals surface area contributed by atoms with Gasteiger partial charge in [0.25, 0.3) is 0 Å². The van der Waals surface area contributed by atoms with Crippen LogP contribution in [0.15, 0.2) is 29.3 Å². The zero-order valence-electron chi connectivity index (χ0n) is 11.9. The summed E-state index contributed by atoms with van der Waals surface area (Å²) in [6, 6.07) is 1.65. The van der Waals surface area contributed by atoms with E-state index in [1.165, 1.54) is 4.31 Å². The third-order valence-electron chi connectivity index (χ3n) is 2.95. The van der Waals surface area contributed by atoms with E-state index in [1.54, 1.807) is 12.3 Å². The van der Waals surface area contributed by atoms with E-state index in [-0.39, 0.29) is 0 Å². The van der Waals surface area contributed by atoms with Gasteiger partial charge >= 0.3 is 0 Å². The van der Waals surface area contributed by atoms with Crippen LogP contribution in [0.1, 0.15) is 26.5 Å². The maximum absolute atomic E-state index is 12.5. The predicted molar refractivity (Wildman–Crippen MR) is 77.2 cm³/mol. The summed E-state index contributed by atoms with van der Waals surface area (Å²) in [5.74, 6) is 0. The molecular weight excluding hydrogens is 262 g/mol. The Morgan fingerprint density at radius 1 is 1.47 bits per heavy atom. The highest BCUT2D eigenvalue weighted by Gasteiger charge is 2.24. The van der Waals surface area contributed by atoms with Crippen molar-refractivity contribution < 1.29 is 8.42 Å². The number of rotatable bonds is 7. The molecule has 1 aromatic heterocycles. The lowest BCUT2D eigenvalue weighted by Gasteiger charge is -2.19. The molecule has 1 aromatic rings. The first-order chi connectivity index (χ1) is 8.86. The van der Waals surface area contributed by atoms with E-state index in [0.717, 1.165) is 11.3 Å². The Morgan fingerprint density at radius 3 is 2.47 bits per heavy atom. The van der Waals surface area contributed by atoms with Crippen LogP contribution in [0.4, 0.5) is 0 Å². The number of sulfonamides is 1. The van der Waals surface area contributed by atoms with Gasteiger partial charge in [0.15, 0.2) is 0 Å². The molecule has 0 spiro atoms. The molecule has 108 valence electrons. The molecule has 5 nitrogen and oxygen atoms in total. The molecule has 0 bridgehead atoms. The number of hydrogen-bond donors (Lipinski definition) is 1. The molecule has 19 heavy (non-hydrogen) atoms. The lowest BCUT2D eigenvalue weighted by atomic mass is 10.3. The van der Waals surface area contributed by atoms with Crippen LogP contribution in [-0.4, -0.2) is 30.4 Å². The molecule has 0 amide bonds. The summed E-state index contributed by atoms with van der Waals surface area (Å²) in [4.78, 5) is 0.304. The van der Waals surface area contributed by atoms with E-state index in [4.69, 9.17) is 5.73 Å². The summed E-state index contributed by atoms with van der Waals surface area (Å²) >= 11 is 0. The minimum Gasteiger partial charge on any atom is -0.349 e. The van der Waals surface area contributed by atoms with E-state index < -0.39 is 10.0 Å². The molecule has 2 N–H and O–H groups in total. The van der Waals surface area contributed by atoms with Gasteiger partial charge in [-0.1, -0.05) is 19.1 Å². The number of aromatic nitrogens is 1. The van der Waals surface area contributed by atoms with E-state index in [1.807, 2.05) is 25.3 Å². The molecule has 0 fully saturated rings. The smallest absolute Gasteiger partial charge is 0.244 e. The fourth-order valence-electron chi connectivity index (χ4n) is 1.95. The average Bonchev–Trinajstić information content (AvgIpc) is 2.79. The highest BCUT2D eigenvalue weighted by Crippen LogP contribution is 2.19. The van der Waals surface area contributed by atoms with Crippen molar-refractivity contribution in [2.45, 2.75) is 38.8 Å². The van der Waals surface area contributed by atoms with E-state index in [9.17, 15) is 8.42 Å². The second-order valence-corrected chi connectivity index (χ2v) is 6.48. The van der Waals surface area contributed by atoms with Crippen LogP contribution in [0.5, 0.6) is 0 Å². The quantitative estimate of drug-likeness (QED) is 0.773. The standard InChI is InChI=1S/C13H23N3O2S/c1-5-15-10-13(7-12(15)8-14)19(17,18)16(6-2)9-11(3)4/h7,10H,3,5-6,8-9,14H2,1-2,4H3. The molecule has 1 rings (SSSR count). The van der Waals surface area contributed by atoms with Crippen LogP contribution in [0, 0.1) is 0 Å². The van der Waals surface area contributed by atoms with Crippen molar-refractivity contribution in [1.29, 1.82) is 0 Å². The van der Waals surface area contributed by atoms with Crippen molar-refractivity contribution in [3.05, 3.63) is 30.1 Å². The molecule has 0 saturated carbocycles. The van der Waals surface area contributed by atoms with Crippen LogP contribution in [0.25, 0.3) is 0 Å². The third-order valence-corrected chi connectivity index (χ3v) is 4.83. The zero-order valence-corrected chi connectivity index (χ0v) is 12.7. The summed E-state index contributed by atoms with van der Waals surface area (Å²) in [7, 11) is -3.47. The van der Waals surface area contributed by atoms with Crippen LogP contribution in [-0.2, 0) is 23.1 Å². The van der Waals surface area contributed by atoms with Gasteiger partial charge < -0.3 is 10.3 Å². The molecule has 0 radical (unpaired) electrons. The minimum absolute atomic E-state index is 0.304. The molecule has 0 aliphatic heterocycles. The molecule has 0 unspecified atom stereocenters. The lowest BCUT2D eigenvalue weighted by Crippen LogP contribution is -2.32. The summed E-state index contributed by atoms with van der Waals surface area (Å²) in [6.45, 7) is 11.2. The summed E-state index contributed by atoms with van der Waals surface area (Å²) in [5, 5.41) is 0. The molecule has 1 heterocycles. The van der Waals surface area contributed by atoms with Crippen LogP contribution in [0.2, 0.25) is 0 Å². The second kappa shape index (κ2) is 6.36. The summed E-state index contributed by atoms with van der Waals surface area (Å²) in [5.41, 5.74) is 7.27. The van der Waals surface area contributed by atoms with Gasteiger partial charge in [-0.3, -0.25) is 0 Å². The first-order valence-corrected chi connectivity index (χ1v) is 7.84. The van der Waals surface area contributed by atoms with Gasteiger partial charge in [-0.15, -0.1) is 0 Å². The fraction of sp³-hybridized carbons (Fsp3) is 0.538. The second-order valence-electron chi connectivity index (χ2n) is 4.55. The number of nitrogens with zero attached hydrogens (tertiary/aromatic N) is 2. The van der Waals surface area contributed by atoms with Gasteiger partial charge in [-0.25, -0.2) is 8.42 Å². The predicted octanol–water partition coefficient (Wildman–Crippen LogP) is 1.55. The molecule has 0 atom stereocenters. The molecule has 0 saturated heterocycles. The Morgan fingerprint density at radius 2 is 2.11 bits per heavy atom. The molecule has 0 aliphatic rings. The monoisotopic (exact) mass is 285 g/mol. The molecule has 6 heteroatoms. The van der Waals surface area contributed by atoms with Crippen molar-refractivity contribution >= 4 is 10.0 Å². The van der Waals surface area contributed by atoms with Crippen LogP contribution < -0.4 is 5.73 Å². The van der Waals surface area contributed by atoms with E-state index >= 15 is 0 Å². The maximum atomic E-state index is 12.5. The molecular formula is C13H23N3O2S. The Hall–Kier alpha value is -1.11. The van der Waals surface area contributed by atoms with Gasteiger partial charge in [-0.2, -0.15) is 4.31 Å². The van der Waals surface area contributed by atoms with Gasteiger partial charge in [0.1, 0.15) is 4.90 Å². The first kappa shape index (κ1) is 15.9. The van der Waals surface area contributed by atoms with E-state index in [0.29, 0.717) is 31.1 Å². The van der Waals surface area contributed by atoms with Crippen molar-refractivity contribution in [3.8, 4) is 0 Å². The van der Waals surface area contributed by atoms with Crippen molar-refractivity contribution in [1.82, 2.24) is 8.87 Å². The lowest BCUT2D eigenvalue weighted by molar-refractivity contribution is 0.452. The largest absolute Gasteiger partial charge is 0.349 e. The normalized spacial score (nSPS) is 12.1. The Bertz CT molecular complexity index is 525. The van der Waals surface area contributed by atoms with Gasteiger partial charge in [-0.05, 0) is 19.9 Å². The number of aryl methyl sites for hydroxylation is 1. The third kappa shape index (κ3) is 3.46. The number of nitrogens with two attached hydrogens (primary N) is 1. The van der Waals surface area contributed by atoms with Gasteiger partial charge in [0.05, 0.1) is 0 Å². The van der Waals surface area contributed by atoms with Crippen molar-refractivity contribution in [2.24, 2.45) is 5.73 Å². The minimum atomic E-state index is -3.47. The van der Waals surface area contributed by atoms with Crippen molar-refractivity contribution in [3.63, 3.8) is 0 Å². The summed E-state index contributed by atoms with van der Waals surface area (Å²) < 4.78 is 28.3. The van der Waals surface area contributed by atoms with Gasteiger partial charge in [0, 0.05) is 38.1 Å². The Kier molecular flexibility index (Phi) is 5.34. The van der Waals surface area contributed by atoms with Gasteiger partial charge in [0.2, 0.25) is 10.0 Å². The topological polar surface area (TPSA) is 68.3 Å². The van der Waals surface area contributed by atoms with E-state index in [2.05, 4.69) is 6.58 Å². The number of likely N-dealkylation sites (N-methyl/N-ethyl adjacent to an activating group) is 1. The highest BCUT2D eigenvalue weighted by molar-refractivity contribution is 7.89. The SMILES string of the molecule is C=C(C)CN(CC)S(=O)(=O)c1cc(CN)n(CC)c1. The summed E-state index contributed by atoms with van der Waals surface area (Å²) in [6.07, 6.45) is 1.65. The van der Waals surface area contributed by atoms with Crippen molar-refractivity contribution in [2.75, 3.05) is 13.1 Å². The molecule has 0 aromatic carbocycles. The van der Waals surface area contributed by atoms with Crippen LogP contribution >= 0.6 is 0 Å². The first-order valence-electron chi connectivity index (χ1n) is 6.40. The molecule has 0 aliphatic carbocycles.